The van der Waals surface area contributed by atoms with E-state index >= 15 is 0 Å². The van der Waals surface area contributed by atoms with Gasteiger partial charge in [0.05, 0.1) is 35.4 Å². The summed E-state index contributed by atoms with van der Waals surface area (Å²) in [6.45, 7) is 0. The first kappa shape index (κ1) is 46.9. The Labute approximate surface area is 316 Å². The molecule has 0 aromatic rings. The average molecular weight is 861 g/mol. The van der Waals surface area contributed by atoms with Crippen LogP contribution in [0.1, 0.15) is 0 Å². The third kappa shape index (κ3) is 40.2. The fraction of sp³-hybridized carbons (Fsp3) is 0.810. The van der Waals surface area contributed by atoms with E-state index in [2.05, 4.69) is 20.6 Å². The number of thioether (sulfide) groups is 11. The van der Waals surface area contributed by atoms with E-state index in [4.69, 9.17) is 24.7 Å². The quantitative estimate of drug-likeness (QED) is 0.0121. The van der Waals surface area contributed by atoms with Gasteiger partial charge in [-0.05, 0) is 11.2 Å². The molecule has 0 bridgehead atoms. The Hall–Kier alpha value is 1.92. The molecule has 264 valence electrons. The van der Waals surface area contributed by atoms with E-state index < -0.39 is 17.3 Å². The standard InChI is InChI=1S/C21H40N4O8S12/c26-11-40-18-42-13-31-20(28)24-8-38-17-37-7-23-10-45(30)4-3-35-15-34-1-2-44-21(29)25-9-39-16-36-6-22-5-32-33-14-43-19-41-12-27/h5,10,26-27H,1-4,6-9,11-19H2,(H,24,28)(H,25,29)/b22-5+,23-10-. The number of alkyl carbamates (subject to hydrolysis) is 1. The van der Waals surface area contributed by atoms with Gasteiger partial charge in [0.25, 0.3) is 5.24 Å². The summed E-state index contributed by atoms with van der Waals surface area (Å²) >= 11 is 15.7. The molecule has 0 aromatic heterocycles. The Morgan fingerprint density at radius 2 is 1.36 bits per heavy atom. The number of carbonyl (C=O) groups is 2. The van der Waals surface area contributed by atoms with Crippen molar-refractivity contribution in [3.8, 4) is 0 Å². The molecule has 0 radical (unpaired) electrons. The van der Waals surface area contributed by atoms with Crippen LogP contribution in [0.5, 0.6) is 0 Å². The number of hydrogen-bond acceptors (Lipinski definition) is 21. The maximum atomic E-state index is 12.0. The summed E-state index contributed by atoms with van der Waals surface area (Å²) in [4.78, 5) is 41.3. The summed E-state index contributed by atoms with van der Waals surface area (Å²) in [6.07, 6.45) is 0.804. The predicted octanol–water partition coefficient (Wildman–Crippen LogP) is 5.67. The molecular weight excluding hydrogens is 821 g/mol. The van der Waals surface area contributed by atoms with Crippen LogP contribution < -0.4 is 10.6 Å². The number of rotatable bonds is 33. The zero-order valence-electron chi connectivity index (χ0n) is 24.3. The van der Waals surface area contributed by atoms with Crippen molar-refractivity contribution in [1.29, 1.82) is 0 Å². The highest BCUT2D eigenvalue weighted by molar-refractivity contribution is 8.18. The average Bonchev–Trinajstić information content (AvgIpc) is 3.03. The summed E-state index contributed by atoms with van der Waals surface area (Å²) in [6, 6.07) is 0. The van der Waals surface area contributed by atoms with Gasteiger partial charge in [-0.1, -0.05) is 11.8 Å². The number of nitrogens with one attached hydrogen (secondary N) is 2. The fourth-order valence-corrected chi connectivity index (χ4v) is 11.5. The summed E-state index contributed by atoms with van der Waals surface area (Å²) in [5.41, 5.74) is 1.50. The Kier molecular flexibility index (Phi) is 42.1. The van der Waals surface area contributed by atoms with Crippen LogP contribution in [-0.4, -0.2) is 134 Å². The van der Waals surface area contributed by atoms with Crippen molar-refractivity contribution in [2.45, 2.75) is 0 Å². The van der Waals surface area contributed by atoms with Gasteiger partial charge in [0, 0.05) is 42.7 Å². The molecule has 0 saturated heterocycles. The van der Waals surface area contributed by atoms with E-state index in [9.17, 15) is 14.1 Å². The molecule has 0 aromatic carbocycles. The lowest BCUT2D eigenvalue weighted by Gasteiger charge is -2.06. The van der Waals surface area contributed by atoms with E-state index in [0.717, 1.165) is 37.6 Å². The normalized spacial score (nSPS) is 12.2. The number of aliphatic hydroxyl groups excluding tert-OH is 2. The van der Waals surface area contributed by atoms with Crippen LogP contribution in [0.4, 0.5) is 9.59 Å². The highest BCUT2D eigenvalue weighted by atomic mass is 32.2. The zero-order valence-corrected chi connectivity index (χ0v) is 34.1. The van der Waals surface area contributed by atoms with Crippen molar-refractivity contribution < 1.29 is 38.9 Å². The Morgan fingerprint density at radius 1 is 0.733 bits per heavy atom. The first-order valence-electron chi connectivity index (χ1n) is 12.5. The summed E-state index contributed by atoms with van der Waals surface area (Å²) < 4.78 is 17.0. The van der Waals surface area contributed by atoms with Gasteiger partial charge in [-0.3, -0.25) is 4.79 Å². The lowest BCUT2D eigenvalue weighted by atomic mass is 11.0. The third-order valence-corrected chi connectivity index (χ3v) is 15.9. The molecule has 0 spiro atoms. The second-order valence-corrected chi connectivity index (χ2v) is 21.0. The first-order valence-corrected chi connectivity index (χ1v) is 26.5. The van der Waals surface area contributed by atoms with Crippen molar-refractivity contribution in [2.24, 2.45) is 9.98 Å². The lowest BCUT2D eigenvalue weighted by Crippen LogP contribution is -2.23. The second kappa shape index (κ2) is 40.4. The lowest BCUT2D eigenvalue weighted by molar-refractivity contribution is -0.196. The molecule has 0 rings (SSSR count). The molecular formula is C21H40N4O8S12. The summed E-state index contributed by atoms with van der Waals surface area (Å²) in [5.74, 6) is 5.79. The molecule has 4 N–H and O–H groups in total. The minimum Gasteiger partial charge on any atom is -0.611 e. The minimum atomic E-state index is -1.08. The van der Waals surface area contributed by atoms with Crippen LogP contribution in [0, 0.1) is 0 Å². The molecule has 1 atom stereocenters. The third-order valence-electron chi connectivity index (χ3n) is 3.66. The van der Waals surface area contributed by atoms with Crippen LogP contribution in [0.2, 0.25) is 0 Å². The van der Waals surface area contributed by atoms with Gasteiger partial charge in [-0.25, -0.2) is 14.8 Å². The van der Waals surface area contributed by atoms with E-state index in [1.807, 2.05) is 0 Å². The minimum absolute atomic E-state index is 0.0249. The van der Waals surface area contributed by atoms with Crippen molar-refractivity contribution in [3.63, 3.8) is 0 Å². The SMILES string of the molecule is O=C(NCSCSC/N=C\[S+]([O-])CCSCSCCSC(=O)NCSCSC/N=C/OOCSCSCO)OCSCSCO. The highest BCUT2D eigenvalue weighted by Crippen LogP contribution is 2.16. The van der Waals surface area contributed by atoms with Crippen LogP contribution >= 0.6 is 129 Å². The summed E-state index contributed by atoms with van der Waals surface area (Å²) in [7, 11) is 0. The predicted molar refractivity (Wildman–Crippen MR) is 216 cm³/mol. The topological polar surface area (TPSA) is 174 Å². The van der Waals surface area contributed by atoms with Crippen LogP contribution in [0.3, 0.4) is 0 Å². The maximum Gasteiger partial charge on any atom is 0.408 e. The monoisotopic (exact) mass is 860 g/mol. The number of aliphatic hydroxyl groups is 2. The van der Waals surface area contributed by atoms with Crippen LogP contribution in [0.15, 0.2) is 9.98 Å². The van der Waals surface area contributed by atoms with Crippen LogP contribution in [0.25, 0.3) is 0 Å². The first-order chi connectivity index (χ1) is 22.1. The van der Waals surface area contributed by atoms with E-state index in [0.29, 0.717) is 40.3 Å². The molecule has 0 aliphatic carbocycles. The van der Waals surface area contributed by atoms with Gasteiger partial charge < -0.3 is 35.0 Å². The molecule has 0 aliphatic heterocycles. The van der Waals surface area contributed by atoms with Crippen LogP contribution in [-0.2, 0) is 25.7 Å². The molecule has 0 heterocycles. The molecule has 0 aliphatic rings. The Balaban J connectivity index is 3.39. The Morgan fingerprint density at radius 3 is 2.09 bits per heavy atom. The summed E-state index contributed by atoms with van der Waals surface area (Å²) in [5, 5.41) is 26.6. The van der Waals surface area contributed by atoms with Gasteiger partial charge in [0.15, 0.2) is 0 Å². The molecule has 0 fully saturated rings. The largest absolute Gasteiger partial charge is 0.611 e. The maximum absolute atomic E-state index is 12.0. The van der Waals surface area contributed by atoms with Crippen molar-refractivity contribution in [2.75, 3.05) is 95.7 Å². The Bertz CT molecular complexity index is 743. The molecule has 12 nitrogen and oxygen atoms in total. The number of carbonyl (C=O) groups excluding carboxylic acids is 2. The van der Waals surface area contributed by atoms with E-state index in [1.165, 1.54) is 82.5 Å². The molecule has 1 unspecified atom stereocenters. The van der Waals surface area contributed by atoms with E-state index in [-0.39, 0.29) is 23.1 Å². The second-order valence-electron chi connectivity index (χ2n) is 6.88. The highest BCUT2D eigenvalue weighted by Gasteiger charge is 2.05. The molecule has 0 saturated carbocycles. The zero-order chi connectivity index (χ0) is 32.9. The number of hydrogen-bond donors (Lipinski definition) is 4. The van der Waals surface area contributed by atoms with Gasteiger partial charge in [-0.2, -0.15) is 16.6 Å². The van der Waals surface area contributed by atoms with Crippen molar-refractivity contribution >= 4 is 164 Å². The van der Waals surface area contributed by atoms with Gasteiger partial charge in [0.1, 0.15) is 17.6 Å². The fourth-order valence-electron chi connectivity index (χ4n) is 1.89. The molecule has 24 heteroatoms. The number of nitrogens with zero attached hydrogens (tertiary/aromatic N) is 2. The van der Waals surface area contributed by atoms with Crippen molar-refractivity contribution in [3.05, 3.63) is 0 Å². The van der Waals surface area contributed by atoms with Gasteiger partial charge in [-0.15, -0.1) is 106 Å². The number of amides is 2. The van der Waals surface area contributed by atoms with Crippen molar-refractivity contribution in [1.82, 2.24) is 10.6 Å². The smallest absolute Gasteiger partial charge is 0.408 e. The molecule has 45 heavy (non-hydrogen) atoms. The number of aliphatic imine (C=N–C) groups is 2. The van der Waals surface area contributed by atoms with Gasteiger partial charge >= 0.3 is 6.09 Å². The molecule has 2 amide bonds. The van der Waals surface area contributed by atoms with Gasteiger partial charge in [0.2, 0.25) is 11.9 Å². The van der Waals surface area contributed by atoms with E-state index in [1.54, 1.807) is 58.8 Å². The number of ether oxygens (including phenoxy) is 1.